The minimum atomic E-state index is -0.261. The molecule has 5 rings (SSSR count). The average molecular weight is 428 g/mol. The van der Waals surface area contributed by atoms with Gasteiger partial charge in [0.1, 0.15) is 5.82 Å². The normalized spacial score (nSPS) is 19.9. The van der Waals surface area contributed by atoms with Crippen molar-refractivity contribution in [3.05, 3.63) is 101 Å². The van der Waals surface area contributed by atoms with Crippen LogP contribution in [0.25, 0.3) is 0 Å². The molecule has 0 saturated carbocycles. The summed E-state index contributed by atoms with van der Waals surface area (Å²) in [6.07, 6.45) is 1.12. The number of hydrogen-bond acceptors (Lipinski definition) is 4. The van der Waals surface area contributed by atoms with E-state index < -0.39 is 0 Å². The van der Waals surface area contributed by atoms with Crippen LogP contribution in [0, 0.1) is 5.82 Å². The Morgan fingerprint density at radius 2 is 1.50 bits per heavy atom. The Bertz CT molecular complexity index is 1180. The number of benzene rings is 3. The fourth-order valence-electron chi connectivity index (χ4n) is 4.68. The van der Waals surface area contributed by atoms with Crippen molar-refractivity contribution in [2.75, 3.05) is 29.6 Å². The minimum Gasteiger partial charge on any atom is -0.378 e. The van der Waals surface area contributed by atoms with E-state index in [1.807, 2.05) is 38.4 Å². The first-order valence-corrected chi connectivity index (χ1v) is 10.9. The molecule has 0 spiro atoms. The Hall–Kier alpha value is -3.60. The number of anilines is 3. The average Bonchev–Trinajstić information content (AvgIpc) is 2.96. The van der Waals surface area contributed by atoms with Crippen LogP contribution in [0.5, 0.6) is 0 Å². The SMILES string of the molecule is CN(C)c1ccc([C@H]2Nc3ccccc3NC3=C2C(=O)C[C@@H](c2ccc(F)cc2)C3)cc1. The van der Waals surface area contributed by atoms with E-state index in [1.54, 1.807) is 12.1 Å². The summed E-state index contributed by atoms with van der Waals surface area (Å²) >= 11 is 0. The van der Waals surface area contributed by atoms with Crippen LogP contribution in [0.15, 0.2) is 84.1 Å². The Labute approximate surface area is 187 Å². The van der Waals surface area contributed by atoms with Crippen molar-refractivity contribution in [1.29, 1.82) is 0 Å². The molecule has 2 N–H and O–H groups in total. The number of rotatable bonds is 3. The van der Waals surface area contributed by atoms with Gasteiger partial charge in [-0.15, -0.1) is 0 Å². The molecule has 3 aromatic carbocycles. The molecule has 0 amide bonds. The highest BCUT2D eigenvalue weighted by atomic mass is 19.1. The lowest BCUT2D eigenvalue weighted by atomic mass is 9.78. The van der Waals surface area contributed by atoms with Gasteiger partial charge in [0.2, 0.25) is 0 Å². The summed E-state index contributed by atoms with van der Waals surface area (Å²) in [5.74, 6) is -0.116. The maximum absolute atomic E-state index is 13.5. The quantitative estimate of drug-likeness (QED) is 0.549. The van der Waals surface area contributed by atoms with Crippen LogP contribution in [-0.2, 0) is 4.79 Å². The molecule has 162 valence electrons. The predicted octanol–water partition coefficient (Wildman–Crippen LogP) is 5.87. The fourth-order valence-corrected chi connectivity index (χ4v) is 4.68. The van der Waals surface area contributed by atoms with E-state index in [1.165, 1.54) is 12.1 Å². The summed E-state index contributed by atoms with van der Waals surface area (Å²) in [6.45, 7) is 0. The molecule has 32 heavy (non-hydrogen) atoms. The molecule has 2 atom stereocenters. The summed E-state index contributed by atoms with van der Waals surface area (Å²) in [7, 11) is 4.03. The van der Waals surface area contributed by atoms with E-state index >= 15 is 0 Å². The van der Waals surface area contributed by atoms with E-state index in [0.29, 0.717) is 12.8 Å². The number of halogens is 1. The number of carbonyl (C=O) groups excluding carboxylic acids is 1. The first-order valence-electron chi connectivity index (χ1n) is 10.9. The van der Waals surface area contributed by atoms with Gasteiger partial charge in [-0.1, -0.05) is 36.4 Å². The number of allylic oxidation sites excluding steroid dienone is 1. The zero-order valence-electron chi connectivity index (χ0n) is 18.2. The van der Waals surface area contributed by atoms with Crippen LogP contribution in [0.4, 0.5) is 21.5 Å². The van der Waals surface area contributed by atoms with Gasteiger partial charge in [-0.2, -0.15) is 0 Å². The van der Waals surface area contributed by atoms with Gasteiger partial charge in [0.05, 0.1) is 17.4 Å². The maximum atomic E-state index is 13.5. The number of hydrogen-bond donors (Lipinski definition) is 2. The molecule has 0 unspecified atom stereocenters. The molecular formula is C27H26FN3O. The van der Waals surface area contributed by atoms with Crippen molar-refractivity contribution in [1.82, 2.24) is 0 Å². The second-order valence-corrected chi connectivity index (χ2v) is 8.71. The summed E-state index contributed by atoms with van der Waals surface area (Å²) in [6, 6.07) is 22.7. The summed E-state index contributed by atoms with van der Waals surface area (Å²) in [5, 5.41) is 7.16. The fraction of sp³-hybridized carbons (Fsp3) is 0.222. The van der Waals surface area contributed by atoms with Crippen LogP contribution >= 0.6 is 0 Å². The highest BCUT2D eigenvalue weighted by Crippen LogP contribution is 2.44. The Balaban J connectivity index is 1.58. The van der Waals surface area contributed by atoms with Gasteiger partial charge >= 0.3 is 0 Å². The van der Waals surface area contributed by atoms with E-state index in [0.717, 1.165) is 39.5 Å². The van der Waals surface area contributed by atoms with Gasteiger partial charge in [0.25, 0.3) is 0 Å². The van der Waals surface area contributed by atoms with Gasteiger partial charge in [-0.05, 0) is 59.9 Å². The van der Waals surface area contributed by atoms with Crippen molar-refractivity contribution in [3.8, 4) is 0 Å². The molecule has 2 aliphatic rings. The highest BCUT2D eigenvalue weighted by Gasteiger charge is 2.36. The Morgan fingerprint density at radius 3 is 2.19 bits per heavy atom. The zero-order valence-corrected chi connectivity index (χ0v) is 18.2. The topological polar surface area (TPSA) is 44.4 Å². The summed E-state index contributed by atoms with van der Waals surface area (Å²) in [4.78, 5) is 15.6. The van der Waals surface area contributed by atoms with Crippen LogP contribution in [-0.4, -0.2) is 19.9 Å². The largest absolute Gasteiger partial charge is 0.378 e. The van der Waals surface area contributed by atoms with Gasteiger partial charge < -0.3 is 15.5 Å². The highest BCUT2D eigenvalue weighted by molar-refractivity contribution is 6.01. The zero-order chi connectivity index (χ0) is 22.2. The number of nitrogens with one attached hydrogen (secondary N) is 2. The minimum absolute atomic E-state index is 0.0244. The molecule has 3 aromatic rings. The summed E-state index contributed by atoms with van der Waals surface area (Å²) in [5.41, 5.74) is 6.81. The van der Waals surface area contributed by atoms with Crippen molar-refractivity contribution in [2.24, 2.45) is 0 Å². The number of para-hydroxylation sites is 2. The third-order valence-electron chi connectivity index (χ3n) is 6.39. The third-order valence-corrected chi connectivity index (χ3v) is 6.39. The van der Waals surface area contributed by atoms with Gasteiger partial charge in [0.15, 0.2) is 5.78 Å². The van der Waals surface area contributed by atoms with Crippen LogP contribution in [0.1, 0.15) is 35.9 Å². The van der Waals surface area contributed by atoms with Gasteiger partial charge in [-0.3, -0.25) is 4.79 Å². The van der Waals surface area contributed by atoms with E-state index in [4.69, 9.17) is 0 Å². The van der Waals surface area contributed by atoms with Crippen LogP contribution < -0.4 is 15.5 Å². The van der Waals surface area contributed by atoms with Crippen LogP contribution in [0.2, 0.25) is 0 Å². The first-order chi connectivity index (χ1) is 15.5. The molecule has 0 aromatic heterocycles. The standard InChI is InChI=1S/C27H26FN3O/c1-31(2)21-13-9-18(10-14-21)27-26-24(29-22-5-3-4-6-23(22)30-27)15-19(16-25(26)32)17-7-11-20(28)12-8-17/h3-14,19,27,29-30H,15-16H2,1-2H3/t19-,27+/m0/s1. The van der Waals surface area contributed by atoms with E-state index in [9.17, 15) is 9.18 Å². The molecule has 0 saturated heterocycles. The molecule has 0 fully saturated rings. The summed E-state index contributed by atoms with van der Waals surface area (Å²) < 4.78 is 13.4. The third kappa shape index (κ3) is 3.75. The second kappa shape index (κ2) is 8.15. The number of carbonyl (C=O) groups is 1. The Kier molecular flexibility index (Phi) is 5.17. The number of ketones is 1. The van der Waals surface area contributed by atoms with E-state index in [2.05, 4.69) is 39.8 Å². The molecule has 5 heteroatoms. The second-order valence-electron chi connectivity index (χ2n) is 8.71. The Morgan fingerprint density at radius 1 is 0.844 bits per heavy atom. The van der Waals surface area contributed by atoms with Gasteiger partial charge in [0, 0.05) is 37.5 Å². The number of Topliss-reactive ketones (excluding diaryl/α,β-unsaturated/α-hetero) is 1. The molecule has 1 aliphatic carbocycles. The molecular weight excluding hydrogens is 401 g/mol. The number of fused-ring (bicyclic) bond motifs is 1. The first kappa shape index (κ1) is 20.3. The van der Waals surface area contributed by atoms with Gasteiger partial charge in [-0.25, -0.2) is 4.39 Å². The van der Waals surface area contributed by atoms with Crippen molar-refractivity contribution in [3.63, 3.8) is 0 Å². The predicted molar refractivity (Wildman–Crippen MR) is 128 cm³/mol. The molecule has 1 aliphatic heterocycles. The van der Waals surface area contributed by atoms with Crippen LogP contribution in [0.3, 0.4) is 0 Å². The lowest BCUT2D eigenvalue weighted by Gasteiger charge is -2.30. The monoisotopic (exact) mass is 427 g/mol. The van der Waals surface area contributed by atoms with E-state index in [-0.39, 0.29) is 23.6 Å². The lowest BCUT2D eigenvalue weighted by Crippen LogP contribution is -2.27. The lowest BCUT2D eigenvalue weighted by molar-refractivity contribution is -0.116. The molecule has 0 radical (unpaired) electrons. The molecule has 1 heterocycles. The molecule has 4 nitrogen and oxygen atoms in total. The number of nitrogens with zero attached hydrogens (tertiary/aromatic N) is 1. The molecule has 0 bridgehead atoms. The maximum Gasteiger partial charge on any atom is 0.163 e. The van der Waals surface area contributed by atoms with Crippen molar-refractivity contribution >= 4 is 22.8 Å². The van der Waals surface area contributed by atoms with Crippen molar-refractivity contribution in [2.45, 2.75) is 24.8 Å². The smallest absolute Gasteiger partial charge is 0.163 e. The van der Waals surface area contributed by atoms with Crippen molar-refractivity contribution < 1.29 is 9.18 Å².